The molecule has 1 N–H and O–H groups in total. The van der Waals surface area contributed by atoms with Crippen LogP contribution in [0.15, 0.2) is 58.6 Å². The molecule has 0 radical (unpaired) electrons. The maximum Gasteiger partial charge on any atom is 0.295 e. The number of hydrogen-bond donors (Lipinski definition) is 1. The van der Waals surface area contributed by atoms with Gasteiger partial charge < -0.3 is 14.7 Å². The zero-order valence-electron chi connectivity index (χ0n) is 18.1. The van der Waals surface area contributed by atoms with Crippen LogP contribution >= 0.6 is 15.9 Å². The third-order valence-corrected chi connectivity index (χ3v) is 6.65. The van der Waals surface area contributed by atoms with Gasteiger partial charge in [-0.25, -0.2) is 0 Å². The van der Waals surface area contributed by atoms with Crippen molar-refractivity contribution in [2.45, 2.75) is 19.4 Å². The molecule has 6 nitrogen and oxygen atoms in total. The molecular formula is C25H27BrN2O4. The molecule has 2 saturated heterocycles. The van der Waals surface area contributed by atoms with Gasteiger partial charge in [0.15, 0.2) is 0 Å². The maximum atomic E-state index is 13.1. The van der Waals surface area contributed by atoms with Gasteiger partial charge in [-0.05, 0) is 29.7 Å². The Kier molecular flexibility index (Phi) is 7.08. The number of rotatable bonds is 6. The van der Waals surface area contributed by atoms with E-state index >= 15 is 0 Å². The molecule has 0 aliphatic carbocycles. The van der Waals surface area contributed by atoms with Crippen molar-refractivity contribution in [2.75, 3.05) is 39.4 Å². The van der Waals surface area contributed by atoms with E-state index in [0.717, 1.165) is 29.5 Å². The number of halogens is 1. The van der Waals surface area contributed by atoms with Crippen LogP contribution in [0.3, 0.4) is 0 Å². The standard InChI is InChI=1S/C25H27BrN2O4/c1-2-17-3-5-18(6-4-17)22-21(23(29)19-7-9-20(26)10-8-19)24(30)25(31)28(22)12-11-27-13-15-32-16-14-27/h3-10,22,29H,2,11-16H2,1H3/b23-21+/t22-/m1/s1. The zero-order chi connectivity index (χ0) is 22.7. The Morgan fingerprint density at radius 1 is 1.03 bits per heavy atom. The summed E-state index contributed by atoms with van der Waals surface area (Å²) in [5, 5.41) is 11.1. The minimum atomic E-state index is -0.642. The first-order chi connectivity index (χ1) is 15.5. The van der Waals surface area contributed by atoms with Crippen LogP contribution < -0.4 is 0 Å². The maximum absolute atomic E-state index is 13.1. The molecule has 2 aromatic carbocycles. The molecule has 1 amide bonds. The van der Waals surface area contributed by atoms with E-state index in [1.165, 1.54) is 5.56 Å². The van der Waals surface area contributed by atoms with Crippen LogP contribution in [0.5, 0.6) is 0 Å². The number of ether oxygens (including phenoxy) is 1. The highest BCUT2D eigenvalue weighted by Crippen LogP contribution is 2.39. The van der Waals surface area contributed by atoms with Gasteiger partial charge in [0.2, 0.25) is 0 Å². The Morgan fingerprint density at radius 2 is 1.69 bits per heavy atom. The smallest absolute Gasteiger partial charge is 0.295 e. The SMILES string of the molecule is CCc1ccc([C@@H]2/C(=C(\O)c3ccc(Br)cc3)C(=O)C(=O)N2CCN2CCOCC2)cc1. The summed E-state index contributed by atoms with van der Waals surface area (Å²) < 4.78 is 6.27. The predicted octanol–water partition coefficient (Wildman–Crippen LogP) is 3.77. The van der Waals surface area contributed by atoms with Crippen LogP contribution in [0, 0.1) is 0 Å². The molecular weight excluding hydrogens is 472 g/mol. The molecule has 2 aromatic rings. The Bertz CT molecular complexity index is 1010. The number of carbonyl (C=O) groups excluding carboxylic acids is 2. The molecule has 0 aromatic heterocycles. The highest BCUT2D eigenvalue weighted by atomic mass is 79.9. The van der Waals surface area contributed by atoms with Gasteiger partial charge in [0.05, 0.1) is 24.8 Å². The molecule has 0 saturated carbocycles. The number of ketones is 1. The quantitative estimate of drug-likeness (QED) is 0.373. The summed E-state index contributed by atoms with van der Waals surface area (Å²) in [6.07, 6.45) is 0.899. The van der Waals surface area contributed by atoms with Gasteiger partial charge >= 0.3 is 0 Å². The first-order valence-electron chi connectivity index (χ1n) is 10.9. The first kappa shape index (κ1) is 22.7. The molecule has 2 aliphatic heterocycles. The molecule has 7 heteroatoms. The minimum absolute atomic E-state index is 0.142. The number of Topliss-reactive ketones (excluding diaryl/α,β-unsaturated/α-hetero) is 1. The number of aryl methyl sites for hydroxylation is 1. The summed E-state index contributed by atoms with van der Waals surface area (Å²) in [5.41, 5.74) is 2.65. The van der Waals surface area contributed by atoms with E-state index in [1.807, 2.05) is 24.3 Å². The number of aliphatic hydroxyl groups excluding tert-OH is 1. The van der Waals surface area contributed by atoms with Gasteiger partial charge in [-0.15, -0.1) is 0 Å². The highest BCUT2D eigenvalue weighted by molar-refractivity contribution is 9.10. The Morgan fingerprint density at radius 3 is 2.31 bits per heavy atom. The van der Waals surface area contributed by atoms with Crippen molar-refractivity contribution in [1.82, 2.24) is 9.80 Å². The van der Waals surface area contributed by atoms with E-state index in [1.54, 1.807) is 29.2 Å². The highest BCUT2D eigenvalue weighted by Gasteiger charge is 2.46. The number of benzene rings is 2. The number of hydrogen-bond acceptors (Lipinski definition) is 5. The molecule has 0 spiro atoms. The van der Waals surface area contributed by atoms with Gasteiger partial charge in [0.25, 0.3) is 11.7 Å². The Labute approximate surface area is 196 Å². The summed E-state index contributed by atoms with van der Waals surface area (Å²) >= 11 is 3.39. The molecule has 2 heterocycles. The van der Waals surface area contributed by atoms with Crippen LogP contribution in [0.1, 0.15) is 29.7 Å². The zero-order valence-corrected chi connectivity index (χ0v) is 19.7. The van der Waals surface area contributed by atoms with Crippen molar-refractivity contribution in [3.05, 3.63) is 75.3 Å². The summed E-state index contributed by atoms with van der Waals surface area (Å²) in [6, 6.07) is 14.4. The van der Waals surface area contributed by atoms with E-state index in [-0.39, 0.29) is 11.3 Å². The predicted molar refractivity (Wildman–Crippen MR) is 126 cm³/mol. The third kappa shape index (κ3) is 4.65. The second-order valence-electron chi connectivity index (χ2n) is 8.05. The summed E-state index contributed by atoms with van der Waals surface area (Å²) in [7, 11) is 0. The lowest BCUT2D eigenvalue weighted by Gasteiger charge is -2.31. The van der Waals surface area contributed by atoms with Crippen molar-refractivity contribution in [3.8, 4) is 0 Å². The summed E-state index contributed by atoms with van der Waals surface area (Å²) in [6.45, 7) is 6.09. The Balaban J connectivity index is 1.72. The van der Waals surface area contributed by atoms with Crippen molar-refractivity contribution >= 4 is 33.4 Å². The number of aliphatic hydroxyl groups is 1. The summed E-state index contributed by atoms with van der Waals surface area (Å²) in [5.74, 6) is -1.35. The molecule has 4 rings (SSSR count). The van der Waals surface area contributed by atoms with E-state index in [2.05, 4.69) is 27.8 Å². The number of amides is 1. The second kappa shape index (κ2) is 9.98. The largest absolute Gasteiger partial charge is 0.507 e. The van der Waals surface area contributed by atoms with E-state index in [9.17, 15) is 14.7 Å². The molecule has 32 heavy (non-hydrogen) atoms. The molecule has 0 bridgehead atoms. The van der Waals surface area contributed by atoms with Crippen molar-refractivity contribution < 1.29 is 19.4 Å². The average molecular weight is 499 g/mol. The summed E-state index contributed by atoms with van der Waals surface area (Å²) in [4.78, 5) is 30.0. The fourth-order valence-electron chi connectivity index (χ4n) is 4.23. The van der Waals surface area contributed by atoms with Crippen LogP contribution in [0.2, 0.25) is 0 Å². The molecule has 1 atom stereocenters. The monoisotopic (exact) mass is 498 g/mol. The van der Waals surface area contributed by atoms with Crippen LogP contribution in [0.4, 0.5) is 0 Å². The topological polar surface area (TPSA) is 70.1 Å². The second-order valence-corrected chi connectivity index (χ2v) is 8.96. The van der Waals surface area contributed by atoms with Gasteiger partial charge in [-0.3, -0.25) is 14.5 Å². The van der Waals surface area contributed by atoms with Crippen molar-refractivity contribution in [1.29, 1.82) is 0 Å². The van der Waals surface area contributed by atoms with Crippen LogP contribution in [-0.2, 0) is 20.7 Å². The number of likely N-dealkylation sites (tertiary alicyclic amines) is 1. The number of carbonyl (C=O) groups is 2. The van der Waals surface area contributed by atoms with Gasteiger partial charge in [0, 0.05) is 36.2 Å². The molecule has 2 aliphatic rings. The lowest BCUT2D eigenvalue weighted by atomic mass is 9.94. The fraction of sp³-hybridized carbons (Fsp3) is 0.360. The Hall–Kier alpha value is -2.48. The number of nitrogens with zero attached hydrogens (tertiary/aromatic N) is 2. The van der Waals surface area contributed by atoms with Gasteiger partial charge in [0.1, 0.15) is 5.76 Å². The fourth-order valence-corrected chi connectivity index (χ4v) is 4.49. The van der Waals surface area contributed by atoms with E-state index in [0.29, 0.717) is 31.9 Å². The van der Waals surface area contributed by atoms with Gasteiger partial charge in [-0.2, -0.15) is 0 Å². The molecule has 0 unspecified atom stereocenters. The molecule has 2 fully saturated rings. The minimum Gasteiger partial charge on any atom is -0.507 e. The number of morpholine rings is 1. The first-order valence-corrected chi connectivity index (χ1v) is 11.7. The molecule has 168 valence electrons. The van der Waals surface area contributed by atoms with Crippen molar-refractivity contribution in [3.63, 3.8) is 0 Å². The third-order valence-electron chi connectivity index (χ3n) is 6.12. The average Bonchev–Trinajstić information content (AvgIpc) is 3.08. The van der Waals surface area contributed by atoms with Gasteiger partial charge in [-0.1, -0.05) is 59.3 Å². The van der Waals surface area contributed by atoms with Crippen LogP contribution in [0.25, 0.3) is 5.76 Å². The lowest BCUT2D eigenvalue weighted by Crippen LogP contribution is -2.42. The van der Waals surface area contributed by atoms with E-state index in [4.69, 9.17) is 4.74 Å². The van der Waals surface area contributed by atoms with E-state index < -0.39 is 17.7 Å². The van der Waals surface area contributed by atoms with Crippen LogP contribution in [-0.4, -0.2) is 66.0 Å². The lowest BCUT2D eigenvalue weighted by molar-refractivity contribution is -0.140. The normalized spacial score (nSPS) is 21.3. The van der Waals surface area contributed by atoms with Crippen molar-refractivity contribution in [2.24, 2.45) is 0 Å².